The fourth-order valence-electron chi connectivity index (χ4n) is 2.37. The van der Waals surface area contributed by atoms with Crippen molar-refractivity contribution in [3.63, 3.8) is 0 Å². The Morgan fingerprint density at radius 1 is 1.32 bits per heavy atom. The van der Waals surface area contributed by atoms with Crippen molar-refractivity contribution >= 4 is 0 Å². The van der Waals surface area contributed by atoms with E-state index in [9.17, 15) is 4.39 Å². The van der Waals surface area contributed by atoms with Gasteiger partial charge >= 0.3 is 0 Å². The first-order valence-electron chi connectivity index (χ1n) is 7.13. The number of nitrogens with one attached hydrogen (secondary N) is 1. The molecule has 0 spiro atoms. The molecule has 0 radical (unpaired) electrons. The largest absolute Gasteiger partial charge is 0.316 e. The molecule has 0 bridgehead atoms. The zero-order valence-corrected chi connectivity index (χ0v) is 12.7. The first-order valence-corrected chi connectivity index (χ1v) is 7.13. The van der Waals surface area contributed by atoms with E-state index in [1.807, 2.05) is 6.07 Å². The van der Waals surface area contributed by atoms with Gasteiger partial charge in [-0.2, -0.15) is 0 Å². The van der Waals surface area contributed by atoms with Gasteiger partial charge in [0, 0.05) is 19.6 Å². The van der Waals surface area contributed by atoms with Gasteiger partial charge in [-0.25, -0.2) is 4.39 Å². The fraction of sp³-hybridized carbons (Fsp3) is 0.625. The van der Waals surface area contributed by atoms with Gasteiger partial charge < -0.3 is 10.2 Å². The lowest BCUT2D eigenvalue weighted by Crippen LogP contribution is -2.40. The van der Waals surface area contributed by atoms with Crippen molar-refractivity contribution in [3.05, 3.63) is 35.6 Å². The highest BCUT2D eigenvalue weighted by Crippen LogP contribution is 2.22. The van der Waals surface area contributed by atoms with Crippen molar-refractivity contribution in [2.75, 3.05) is 26.7 Å². The lowest BCUT2D eigenvalue weighted by atomic mass is 9.86. The van der Waals surface area contributed by atoms with Crippen molar-refractivity contribution in [1.29, 1.82) is 0 Å². The van der Waals surface area contributed by atoms with E-state index in [2.05, 4.69) is 38.0 Å². The third kappa shape index (κ3) is 5.70. The highest BCUT2D eigenvalue weighted by atomic mass is 19.1. The van der Waals surface area contributed by atoms with E-state index >= 15 is 0 Å². The van der Waals surface area contributed by atoms with Crippen LogP contribution in [0.5, 0.6) is 0 Å². The minimum absolute atomic E-state index is 0.156. The second-order valence-electron chi connectivity index (χ2n) is 5.75. The van der Waals surface area contributed by atoms with Gasteiger partial charge in [0.25, 0.3) is 0 Å². The minimum Gasteiger partial charge on any atom is -0.316 e. The summed E-state index contributed by atoms with van der Waals surface area (Å²) < 4.78 is 13.2. The maximum absolute atomic E-state index is 13.2. The number of halogens is 1. The molecule has 0 aliphatic carbocycles. The molecule has 0 fully saturated rings. The number of hydrogen-bond donors (Lipinski definition) is 1. The second kappa shape index (κ2) is 7.61. The first-order chi connectivity index (χ1) is 8.99. The average Bonchev–Trinajstić information content (AvgIpc) is 2.36. The smallest absolute Gasteiger partial charge is 0.123 e. The molecular formula is C16H27FN2. The summed E-state index contributed by atoms with van der Waals surface area (Å²) in [6, 6.07) is 6.86. The third-order valence-corrected chi connectivity index (χ3v) is 3.65. The quantitative estimate of drug-likeness (QED) is 0.777. The van der Waals surface area contributed by atoms with Crippen LogP contribution in [-0.4, -0.2) is 31.6 Å². The topological polar surface area (TPSA) is 15.3 Å². The van der Waals surface area contributed by atoms with Crippen LogP contribution in [0.1, 0.15) is 32.8 Å². The summed E-state index contributed by atoms with van der Waals surface area (Å²) in [4.78, 5) is 2.27. The van der Waals surface area contributed by atoms with Gasteiger partial charge in [0.2, 0.25) is 0 Å². The van der Waals surface area contributed by atoms with Crippen molar-refractivity contribution in [2.45, 2.75) is 33.7 Å². The van der Waals surface area contributed by atoms with E-state index in [1.54, 1.807) is 12.1 Å². The van der Waals surface area contributed by atoms with Gasteiger partial charge in [-0.3, -0.25) is 0 Å². The molecule has 1 unspecified atom stereocenters. The van der Waals surface area contributed by atoms with Crippen molar-refractivity contribution in [3.8, 4) is 0 Å². The molecule has 1 rings (SSSR count). The molecule has 0 aliphatic heterocycles. The van der Waals surface area contributed by atoms with Crippen LogP contribution in [0.4, 0.5) is 4.39 Å². The van der Waals surface area contributed by atoms with Crippen LogP contribution in [0.2, 0.25) is 0 Å². The third-order valence-electron chi connectivity index (χ3n) is 3.65. The molecule has 1 atom stereocenters. The van der Waals surface area contributed by atoms with Crippen LogP contribution in [0.3, 0.4) is 0 Å². The number of hydrogen-bond acceptors (Lipinski definition) is 2. The van der Waals surface area contributed by atoms with Crippen LogP contribution in [0.15, 0.2) is 24.3 Å². The maximum Gasteiger partial charge on any atom is 0.123 e. The van der Waals surface area contributed by atoms with E-state index < -0.39 is 0 Å². The van der Waals surface area contributed by atoms with E-state index in [1.165, 1.54) is 6.07 Å². The molecule has 1 aromatic rings. The Morgan fingerprint density at radius 3 is 2.63 bits per heavy atom. The standard InChI is InChI=1S/C16H27FN2/c1-5-16(3,12-18-6-2)13-19(4)11-14-8-7-9-15(17)10-14/h7-10,18H,5-6,11-13H2,1-4H3. The van der Waals surface area contributed by atoms with E-state index in [0.29, 0.717) is 0 Å². The van der Waals surface area contributed by atoms with Crippen LogP contribution >= 0.6 is 0 Å². The Kier molecular flexibility index (Phi) is 6.46. The molecule has 2 nitrogen and oxygen atoms in total. The van der Waals surface area contributed by atoms with E-state index in [4.69, 9.17) is 0 Å². The molecule has 0 saturated carbocycles. The monoisotopic (exact) mass is 266 g/mol. The molecule has 108 valence electrons. The van der Waals surface area contributed by atoms with Gasteiger partial charge in [0.1, 0.15) is 5.82 Å². The van der Waals surface area contributed by atoms with Gasteiger partial charge in [-0.15, -0.1) is 0 Å². The zero-order valence-electron chi connectivity index (χ0n) is 12.7. The Hall–Kier alpha value is -0.930. The van der Waals surface area contributed by atoms with Gasteiger partial charge in [0.15, 0.2) is 0 Å². The minimum atomic E-state index is -0.156. The number of benzene rings is 1. The second-order valence-corrected chi connectivity index (χ2v) is 5.75. The molecule has 0 amide bonds. The van der Waals surface area contributed by atoms with Crippen LogP contribution in [0.25, 0.3) is 0 Å². The zero-order chi connectivity index (χ0) is 14.3. The molecule has 3 heteroatoms. The lowest BCUT2D eigenvalue weighted by molar-refractivity contribution is 0.176. The molecule has 0 aromatic heterocycles. The Morgan fingerprint density at radius 2 is 2.05 bits per heavy atom. The molecule has 0 aliphatic rings. The Labute approximate surface area is 117 Å². The summed E-state index contributed by atoms with van der Waals surface area (Å²) in [5.74, 6) is -0.156. The predicted molar refractivity (Wildman–Crippen MR) is 79.7 cm³/mol. The molecule has 1 N–H and O–H groups in total. The molecule has 19 heavy (non-hydrogen) atoms. The number of nitrogens with zero attached hydrogens (tertiary/aromatic N) is 1. The van der Waals surface area contributed by atoms with Crippen molar-refractivity contribution in [1.82, 2.24) is 10.2 Å². The fourth-order valence-corrected chi connectivity index (χ4v) is 2.37. The van der Waals surface area contributed by atoms with Gasteiger partial charge in [-0.1, -0.05) is 32.9 Å². The first kappa shape index (κ1) is 16.1. The highest BCUT2D eigenvalue weighted by molar-refractivity contribution is 5.16. The van der Waals surface area contributed by atoms with Crippen LogP contribution in [0, 0.1) is 11.2 Å². The summed E-state index contributed by atoms with van der Waals surface area (Å²) in [7, 11) is 2.10. The van der Waals surface area contributed by atoms with Gasteiger partial charge in [0.05, 0.1) is 0 Å². The van der Waals surface area contributed by atoms with Crippen LogP contribution < -0.4 is 5.32 Å². The normalized spacial score (nSPS) is 14.6. The number of rotatable bonds is 8. The van der Waals surface area contributed by atoms with Crippen molar-refractivity contribution in [2.24, 2.45) is 5.41 Å². The van der Waals surface area contributed by atoms with E-state index in [-0.39, 0.29) is 11.2 Å². The highest BCUT2D eigenvalue weighted by Gasteiger charge is 2.23. The summed E-state index contributed by atoms with van der Waals surface area (Å²) in [5, 5.41) is 3.43. The van der Waals surface area contributed by atoms with E-state index in [0.717, 1.165) is 38.2 Å². The van der Waals surface area contributed by atoms with Crippen molar-refractivity contribution < 1.29 is 4.39 Å². The predicted octanol–water partition coefficient (Wildman–Crippen LogP) is 3.28. The van der Waals surface area contributed by atoms with Gasteiger partial charge in [-0.05, 0) is 43.1 Å². The lowest BCUT2D eigenvalue weighted by Gasteiger charge is -2.33. The summed E-state index contributed by atoms with van der Waals surface area (Å²) in [6.45, 7) is 10.5. The molecule has 0 saturated heterocycles. The molecule has 1 aromatic carbocycles. The summed E-state index contributed by atoms with van der Waals surface area (Å²) in [5.41, 5.74) is 1.29. The SMILES string of the molecule is CCNCC(C)(CC)CN(C)Cc1cccc(F)c1. The summed E-state index contributed by atoms with van der Waals surface area (Å²) >= 11 is 0. The average molecular weight is 266 g/mol. The Balaban J connectivity index is 2.55. The molecular weight excluding hydrogens is 239 g/mol. The van der Waals surface area contributed by atoms with Crippen LogP contribution in [-0.2, 0) is 6.54 Å². The Bertz CT molecular complexity index is 381. The summed E-state index contributed by atoms with van der Waals surface area (Å²) in [6.07, 6.45) is 1.13. The molecule has 0 heterocycles. The maximum atomic E-state index is 13.2.